The molecule has 0 aromatic rings. The Balaban J connectivity index is 0.00000729. The fourth-order valence-corrected chi connectivity index (χ4v) is 3.42. The van der Waals surface area contributed by atoms with E-state index in [4.69, 9.17) is 0 Å². The number of likely N-dealkylation sites (tertiary alicyclic amines) is 1. The van der Waals surface area contributed by atoms with Crippen LogP contribution in [-0.4, -0.2) is 101 Å². The lowest BCUT2D eigenvalue weighted by atomic mass is 10.1. The van der Waals surface area contributed by atoms with E-state index in [1.54, 1.807) is 0 Å². The van der Waals surface area contributed by atoms with E-state index in [2.05, 4.69) is 20.5 Å². The molecule has 1 aliphatic rings. The molecule has 0 aromatic carbocycles. The molecule has 0 radical (unpaired) electrons. The number of guanidine groups is 1. The molecule has 0 aromatic heterocycles. The van der Waals surface area contributed by atoms with Crippen molar-refractivity contribution < 1.29 is 21.6 Å². The predicted molar refractivity (Wildman–Crippen MR) is 117 cm³/mol. The Labute approximate surface area is 183 Å². The molecule has 0 bridgehead atoms. The molecule has 1 heterocycles. The molecule has 0 amide bonds. The Morgan fingerprint density at radius 3 is 2.39 bits per heavy atom. The number of hydrogen-bond donors (Lipinski definition) is 2. The van der Waals surface area contributed by atoms with Gasteiger partial charge >= 0.3 is 6.18 Å². The second kappa shape index (κ2) is 13.1. The molecule has 1 fully saturated rings. The van der Waals surface area contributed by atoms with Crippen molar-refractivity contribution in [3.8, 4) is 0 Å². The summed E-state index contributed by atoms with van der Waals surface area (Å²) in [5.41, 5.74) is 0. The summed E-state index contributed by atoms with van der Waals surface area (Å²) in [4.78, 5) is 7.69. The third-order valence-corrected chi connectivity index (χ3v) is 5.18. The van der Waals surface area contributed by atoms with Crippen LogP contribution in [0.1, 0.15) is 19.8 Å². The summed E-state index contributed by atoms with van der Waals surface area (Å²) in [6.45, 7) is 4.30. The van der Waals surface area contributed by atoms with Crippen LogP contribution in [-0.2, 0) is 9.84 Å². The van der Waals surface area contributed by atoms with Crippen molar-refractivity contribution in [2.45, 2.75) is 32.0 Å². The van der Waals surface area contributed by atoms with Crippen LogP contribution in [0.25, 0.3) is 0 Å². The van der Waals surface area contributed by atoms with Gasteiger partial charge in [-0.2, -0.15) is 13.2 Å². The van der Waals surface area contributed by atoms with Gasteiger partial charge in [-0.15, -0.1) is 24.0 Å². The predicted octanol–water partition coefficient (Wildman–Crippen LogP) is 1.16. The molecule has 0 aliphatic carbocycles. The lowest BCUT2D eigenvalue weighted by Gasteiger charge is -2.33. The van der Waals surface area contributed by atoms with Gasteiger partial charge in [-0.1, -0.05) is 0 Å². The Bertz CT molecular complexity index is 567. The number of piperidine rings is 1. The molecule has 12 heteroatoms. The zero-order chi connectivity index (χ0) is 20.5. The van der Waals surface area contributed by atoms with Crippen molar-refractivity contribution in [3.05, 3.63) is 0 Å². The fraction of sp³-hybridized carbons (Fsp3) is 0.938. The van der Waals surface area contributed by atoms with Crippen molar-refractivity contribution in [1.29, 1.82) is 0 Å². The van der Waals surface area contributed by atoms with Crippen molar-refractivity contribution in [1.82, 2.24) is 20.4 Å². The highest BCUT2D eigenvalue weighted by atomic mass is 127. The molecule has 168 valence electrons. The molecule has 0 spiro atoms. The summed E-state index contributed by atoms with van der Waals surface area (Å²) >= 11 is 0. The molecule has 0 saturated carbocycles. The number of rotatable bonds is 9. The molecule has 1 aliphatic heterocycles. The number of alkyl halides is 3. The van der Waals surface area contributed by atoms with Gasteiger partial charge in [0.05, 0.1) is 18.8 Å². The molecular weight excluding hydrogens is 510 g/mol. The van der Waals surface area contributed by atoms with Gasteiger partial charge in [0, 0.05) is 45.0 Å². The van der Waals surface area contributed by atoms with Gasteiger partial charge in [-0.25, -0.2) is 8.42 Å². The van der Waals surface area contributed by atoms with Crippen LogP contribution < -0.4 is 10.6 Å². The highest BCUT2D eigenvalue weighted by Crippen LogP contribution is 2.15. The molecule has 2 N–H and O–H groups in total. The second-order valence-corrected chi connectivity index (χ2v) is 9.26. The first-order chi connectivity index (χ1) is 12.5. The summed E-state index contributed by atoms with van der Waals surface area (Å²) in [6.07, 6.45) is -1.23. The van der Waals surface area contributed by atoms with Gasteiger partial charge in [-0.05, 0) is 26.8 Å². The van der Waals surface area contributed by atoms with Gasteiger partial charge in [-0.3, -0.25) is 9.89 Å². The van der Waals surface area contributed by atoms with Crippen LogP contribution in [0.4, 0.5) is 13.2 Å². The fourth-order valence-electron chi connectivity index (χ4n) is 2.83. The summed E-state index contributed by atoms with van der Waals surface area (Å²) in [7, 11) is -1.53. The molecular formula is C16H33F3IN5O2S. The SMILES string of the molecule is CCNC(=NCCN(C)CC(F)(F)F)NC1CCN(CCS(C)(=O)=O)CC1.I. The van der Waals surface area contributed by atoms with Crippen LogP contribution >= 0.6 is 24.0 Å². The maximum absolute atomic E-state index is 12.3. The first-order valence-corrected chi connectivity index (χ1v) is 11.2. The van der Waals surface area contributed by atoms with Gasteiger partial charge in [0.1, 0.15) is 9.84 Å². The Morgan fingerprint density at radius 2 is 1.89 bits per heavy atom. The number of nitrogens with zero attached hydrogens (tertiary/aromatic N) is 3. The highest BCUT2D eigenvalue weighted by Gasteiger charge is 2.28. The summed E-state index contributed by atoms with van der Waals surface area (Å²) < 4.78 is 59.5. The summed E-state index contributed by atoms with van der Waals surface area (Å²) in [5, 5.41) is 6.44. The minimum absolute atomic E-state index is 0. The third kappa shape index (κ3) is 13.8. The number of halogens is 4. The first-order valence-electron chi connectivity index (χ1n) is 9.18. The monoisotopic (exact) mass is 543 g/mol. The van der Waals surface area contributed by atoms with Gasteiger partial charge in [0.25, 0.3) is 0 Å². The molecule has 0 unspecified atom stereocenters. The molecule has 1 saturated heterocycles. The van der Waals surface area contributed by atoms with E-state index in [9.17, 15) is 21.6 Å². The van der Waals surface area contributed by atoms with Crippen molar-refractivity contribution in [3.63, 3.8) is 0 Å². The Morgan fingerprint density at radius 1 is 1.29 bits per heavy atom. The van der Waals surface area contributed by atoms with E-state index in [1.807, 2.05) is 6.92 Å². The largest absolute Gasteiger partial charge is 0.401 e. The van der Waals surface area contributed by atoms with Crippen LogP contribution in [0.3, 0.4) is 0 Å². The standard InChI is InChI=1S/C16H32F3N5O2S.HI/c1-4-20-15(21-7-10-23(2)13-16(17,18)19)22-14-5-8-24(9-6-14)11-12-27(3,25)26;/h14H,4-13H2,1-3H3,(H2,20,21,22);1H. The van der Waals surface area contributed by atoms with Crippen LogP contribution in [0.15, 0.2) is 4.99 Å². The minimum atomic E-state index is -4.20. The van der Waals surface area contributed by atoms with Gasteiger partial charge < -0.3 is 15.5 Å². The van der Waals surface area contributed by atoms with E-state index in [-0.39, 0.29) is 48.9 Å². The normalized spacial score (nSPS) is 17.5. The minimum Gasteiger partial charge on any atom is -0.357 e. The van der Waals surface area contributed by atoms with Gasteiger partial charge in [0.2, 0.25) is 0 Å². The zero-order valence-electron chi connectivity index (χ0n) is 16.8. The van der Waals surface area contributed by atoms with E-state index >= 15 is 0 Å². The number of sulfone groups is 1. The van der Waals surface area contributed by atoms with E-state index < -0.39 is 22.6 Å². The third-order valence-electron chi connectivity index (χ3n) is 4.25. The summed E-state index contributed by atoms with van der Waals surface area (Å²) in [6, 6.07) is 0.213. The number of nitrogens with one attached hydrogen (secondary N) is 2. The van der Waals surface area contributed by atoms with Crippen LogP contribution in [0.5, 0.6) is 0 Å². The van der Waals surface area contributed by atoms with Crippen molar-refractivity contribution in [2.75, 3.05) is 64.9 Å². The van der Waals surface area contributed by atoms with Crippen molar-refractivity contribution in [2.24, 2.45) is 4.99 Å². The van der Waals surface area contributed by atoms with Crippen LogP contribution in [0, 0.1) is 0 Å². The molecule has 0 atom stereocenters. The smallest absolute Gasteiger partial charge is 0.357 e. The molecule has 1 rings (SSSR count). The zero-order valence-corrected chi connectivity index (χ0v) is 19.9. The molecule has 7 nitrogen and oxygen atoms in total. The van der Waals surface area contributed by atoms with Gasteiger partial charge in [0.15, 0.2) is 5.96 Å². The maximum Gasteiger partial charge on any atom is 0.401 e. The average Bonchev–Trinajstić information content (AvgIpc) is 2.52. The maximum atomic E-state index is 12.3. The Hall–Kier alpha value is -0.340. The number of hydrogen-bond acceptors (Lipinski definition) is 5. The molecule has 28 heavy (non-hydrogen) atoms. The average molecular weight is 543 g/mol. The Kier molecular flexibility index (Phi) is 12.9. The lowest BCUT2D eigenvalue weighted by molar-refractivity contribution is -0.142. The quantitative estimate of drug-likeness (QED) is 0.259. The van der Waals surface area contributed by atoms with E-state index in [1.165, 1.54) is 18.2 Å². The van der Waals surface area contributed by atoms with Crippen LogP contribution in [0.2, 0.25) is 0 Å². The first kappa shape index (κ1) is 27.7. The second-order valence-electron chi connectivity index (χ2n) is 7.00. The lowest BCUT2D eigenvalue weighted by Crippen LogP contribution is -2.49. The topological polar surface area (TPSA) is 77.0 Å². The number of aliphatic imine (C=N–C) groups is 1. The highest BCUT2D eigenvalue weighted by molar-refractivity contribution is 14.0. The van der Waals surface area contributed by atoms with E-state index in [0.29, 0.717) is 19.0 Å². The van der Waals surface area contributed by atoms with Crippen molar-refractivity contribution >= 4 is 39.8 Å². The van der Waals surface area contributed by atoms with E-state index in [0.717, 1.165) is 25.9 Å². The summed E-state index contributed by atoms with van der Waals surface area (Å²) in [5.74, 6) is 0.771. The number of likely N-dealkylation sites (N-methyl/N-ethyl adjacent to an activating group) is 1.